The van der Waals surface area contributed by atoms with Crippen LogP contribution in [0.4, 0.5) is 0 Å². The van der Waals surface area contributed by atoms with Gasteiger partial charge in [0.25, 0.3) is 0 Å². The molecule has 0 aromatic carbocycles. The molecule has 0 aromatic heterocycles. The van der Waals surface area contributed by atoms with Crippen molar-refractivity contribution in [3.8, 4) is 0 Å². The van der Waals surface area contributed by atoms with Gasteiger partial charge in [-0.05, 0) is 31.3 Å². The van der Waals surface area contributed by atoms with E-state index < -0.39 is 0 Å². The first-order chi connectivity index (χ1) is 7.31. The van der Waals surface area contributed by atoms with Crippen molar-refractivity contribution in [3.05, 3.63) is 24.3 Å². The maximum Gasteiger partial charge on any atom is 0.0861 e. The van der Waals surface area contributed by atoms with E-state index in [1.807, 2.05) is 0 Å². The Bertz CT molecular complexity index is 258. The Kier molecular flexibility index (Phi) is 3.57. The van der Waals surface area contributed by atoms with Crippen molar-refractivity contribution in [3.63, 3.8) is 0 Å². The molecule has 0 saturated heterocycles. The lowest BCUT2D eigenvalue weighted by atomic mass is 9.97. The highest BCUT2D eigenvalue weighted by Crippen LogP contribution is 2.39. The summed E-state index contributed by atoms with van der Waals surface area (Å²) < 4.78 is 0. The number of nitrogens with one attached hydrogen (secondary N) is 2. The predicted molar refractivity (Wildman–Crippen MR) is 61.3 cm³/mol. The van der Waals surface area contributed by atoms with Crippen molar-refractivity contribution in [2.24, 2.45) is 5.92 Å². The average Bonchev–Trinajstić information content (AvgIpc) is 3.04. The highest BCUT2D eigenvalue weighted by Gasteiger charge is 2.33. The summed E-state index contributed by atoms with van der Waals surface area (Å²) in [4.78, 5) is 5.32. The SMILES string of the molecule is C=CCON[C@H]1CNC(C)C=C1C1CC1. The van der Waals surface area contributed by atoms with Gasteiger partial charge in [0.1, 0.15) is 0 Å². The smallest absolute Gasteiger partial charge is 0.0861 e. The number of hydroxylamine groups is 1. The summed E-state index contributed by atoms with van der Waals surface area (Å²) in [5.41, 5.74) is 4.65. The van der Waals surface area contributed by atoms with Crippen molar-refractivity contribution in [2.75, 3.05) is 13.2 Å². The molecular weight excluding hydrogens is 188 g/mol. The van der Waals surface area contributed by atoms with E-state index in [-0.39, 0.29) is 0 Å². The van der Waals surface area contributed by atoms with Crippen LogP contribution in [0.5, 0.6) is 0 Å². The van der Waals surface area contributed by atoms with Gasteiger partial charge < -0.3 is 5.32 Å². The second kappa shape index (κ2) is 4.92. The molecule has 3 heteroatoms. The predicted octanol–water partition coefficient (Wildman–Crippen LogP) is 1.39. The highest BCUT2D eigenvalue weighted by atomic mass is 16.6. The summed E-state index contributed by atoms with van der Waals surface area (Å²) in [5.74, 6) is 0.805. The molecule has 0 aromatic rings. The average molecular weight is 208 g/mol. The molecule has 1 saturated carbocycles. The van der Waals surface area contributed by atoms with Crippen molar-refractivity contribution < 1.29 is 4.84 Å². The van der Waals surface area contributed by atoms with Crippen LogP contribution in [-0.4, -0.2) is 25.2 Å². The summed E-state index contributed by atoms with van der Waals surface area (Å²) in [5, 5.41) is 3.43. The highest BCUT2D eigenvalue weighted by molar-refractivity contribution is 5.24. The van der Waals surface area contributed by atoms with E-state index in [0.29, 0.717) is 18.7 Å². The van der Waals surface area contributed by atoms with Gasteiger partial charge in [-0.3, -0.25) is 4.84 Å². The zero-order chi connectivity index (χ0) is 10.7. The molecule has 0 spiro atoms. The Morgan fingerprint density at radius 2 is 2.47 bits per heavy atom. The van der Waals surface area contributed by atoms with Crippen LogP contribution >= 0.6 is 0 Å². The molecule has 0 radical (unpaired) electrons. The molecule has 2 N–H and O–H groups in total. The molecule has 1 aliphatic carbocycles. The van der Waals surface area contributed by atoms with Crippen LogP contribution in [0.15, 0.2) is 24.3 Å². The van der Waals surface area contributed by atoms with Gasteiger partial charge in [0.2, 0.25) is 0 Å². The molecule has 2 atom stereocenters. The van der Waals surface area contributed by atoms with E-state index in [9.17, 15) is 0 Å². The maximum absolute atomic E-state index is 5.32. The van der Waals surface area contributed by atoms with Gasteiger partial charge in [0, 0.05) is 12.6 Å². The molecule has 0 bridgehead atoms. The third-order valence-corrected chi connectivity index (χ3v) is 2.96. The summed E-state index contributed by atoms with van der Waals surface area (Å²) >= 11 is 0. The van der Waals surface area contributed by atoms with Crippen molar-refractivity contribution in [1.29, 1.82) is 0 Å². The molecule has 1 aliphatic heterocycles. The first-order valence-electron chi connectivity index (χ1n) is 5.74. The van der Waals surface area contributed by atoms with Gasteiger partial charge in [0.15, 0.2) is 0 Å². The summed E-state index contributed by atoms with van der Waals surface area (Å²) in [6.07, 6.45) is 6.79. The van der Waals surface area contributed by atoms with Gasteiger partial charge >= 0.3 is 0 Å². The monoisotopic (exact) mass is 208 g/mol. The molecular formula is C12H20N2O. The minimum Gasteiger partial charge on any atom is -0.309 e. The zero-order valence-corrected chi connectivity index (χ0v) is 9.33. The molecule has 3 nitrogen and oxygen atoms in total. The minimum atomic E-state index is 0.341. The van der Waals surface area contributed by atoms with E-state index >= 15 is 0 Å². The van der Waals surface area contributed by atoms with Crippen LogP contribution < -0.4 is 10.8 Å². The van der Waals surface area contributed by atoms with Gasteiger partial charge in [-0.25, -0.2) is 0 Å². The number of rotatable bonds is 5. The van der Waals surface area contributed by atoms with Crippen LogP contribution in [-0.2, 0) is 4.84 Å². The third kappa shape index (κ3) is 2.91. The van der Waals surface area contributed by atoms with Gasteiger partial charge in [0.05, 0.1) is 12.6 Å². The minimum absolute atomic E-state index is 0.341. The maximum atomic E-state index is 5.32. The lowest BCUT2D eigenvalue weighted by Gasteiger charge is -2.28. The van der Waals surface area contributed by atoms with Crippen molar-refractivity contribution >= 4 is 0 Å². The fourth-order valence-electron chi connectivity index (χ4n) is 2.04. The summed E-state index contributed by atoms with van der Waals surface area (Å²) in [6.45, 7) is 7.34. The standard InChI is InChI=1S/C12H20N2O/c1-3-6-15-14-12-8-13-9(2)7-11(12)10-4-5-10/h3,7,9-10,12-14H,1,4-6,8H2,2H3/t9?,12-/m0/s1. The number of hydrogen-bond acceptors (Lipinski definition) is 3. The van der Waals surface area contributed by atoms with Crippen LogP contribution in [0.2, 0.25) is 0 Å². The van der Waals surface area contributed by atoms with Crippen molar-refractivity contribution in [1.82, 2.24) is 10.8 Å². The Morgan fingerprint density at radius 3 is 3.13 bits per heavy atom. The third-order valence-electron chi connectivity index (χ3n) is 2.96. The van der Waals surface area contributed by atoms with Gasteiger partial charge in [-0.2, -0.15) is 5.48 Å². The Balaban J connectivity index is 1.90. The molecule has 1 fully saturated rings. The Morgan fingerprint density at radius 1 is 1.67 bits per heavy atom. The Hall–Kier alpha value is -0.640. The lowest BCUT2D eigenvalue weighted by molar-refractivity contribution is 0.0408. The first-order valence-corrected chi connectivity index (χ1v) is 5.74. The molecule has 15 heavy (non-hydrogen) atoms. The quantitative estimate of drug-likeness (QED) is 0.407. The van der Waals surface area contributed by atoms with E-state index in [4.69, 9.17) is 4.84 Å². The van der Waals surface area contributed by atoms with E-state index in [1.54, 1.807) is 6.08 Å². The largest absolute Gasteiger partial charge is 0.309 e. The molecule has 0 amide bonds. The summed E-state index contributed by atoms with van der Waals surface area (Å²) in [7, 11) is 0. The Labute approximate surface area is 91.5 Å². The molecule has 2 aliphatic rings. The molecule has 1 unspecified atom stereocenters. The van der Waals surface area contributed by atoms with Gasteiger partial charge in [-0.1, -0.05) is 12.2 Å². The summed E-state index contributed by atoms with van der Waals surface area (Å²) in [6, 6.07) is 0.840. The second-order valence-electron chi connectivity index (χ2n) is 4.41. The molecule has 84 valence electrons. The fraction of sp³-hybridized carbons (Fsp3) is 0.667. The lowest BCUT2D eigenvalue weighted by Crippen LogP contribution is -2.47. The van der Waals surface area contributed by atoms with Crippen molar-refractivity contribution in [2.45, 2.75) is 31.8 Å². The normalized spacial score (nSPS) is 31.1. The number of hydrogen-bond donors (Lipinski definition) is 2. The van der Waals surface area contributed by atoms with E-state index in [2.05, 4.69) is 30.4 Å². The van der Waals surface area contributed by atoms with Crippen LogP contribution in [0.25, 0.3) is 0 Å². The van der Waals surface area contributed by atoms with E-state index in [1.165, 1.54) is 18.4 Å². The fourth-order valence-corrected chi connectivity index (χ4v) is 2.04. The van der Waals surface area contributed by atoms with Crippen LogP contribution in [0.3, 0.4) is 0 Å². The van der Waals surface area contributed by atoms with Crippen LogP contribution in [0.1, 0.15) is 19.8 Å². The molecule has 2 rings (SSSR count). The molecule has 1 heterocycles. The first kappa shape index (κ1) is 10.9. The second-order valence-corrected chi connectivity index (χ2v) is 4.41. The van der Waals surface area contributed by atoms with Gasteiger partial charge in [-0.15, -0.1) is 6.58 Å². The van der Waals surface area contributed by atoms with Crippen LogP contribution in [0, 0.1) is 5.92 Å². The topological polar surface area (TPSA) is 33.3 Å². The zero-order valence-electron chi connectivity index (χ0n) is 9.33. The van der Waals surface area contributed by atoms with E-state index in [0.717, 1.165) is 12.5 Å².